The smallest absolute Gasteiger partial charge is 0.195 e. The third-order valence-electron chi connectivity index (χ3n) is 5.41. The second-order valence-corrected chi connectivity index (χ2v) is 7.18. The van der Waals surface area contributed by atoms with Crippen LogP contribution in [0, 0.1) is 0 Å². The van der Waals surface area contributed by atoms with Gasteiger partial charge in [-0.1, -0.05) is 12.1 Å². The quantitative estimate of drug-likeness (QED) is 0.511. The van der Waals surface area contributed by atoms with E-state index in [1.165, 1.54) is 18.4 Å². The van der Waals surface area contributed by atoms with Crippen molar-refractivity contribution in [2.24, 2.45) is 4.99 Å². The van der Waals surface area contributed by atoms with Gasteiger partial charge in [-0.15, -0.1) is 0 Å². The first kappa shape index (κ1) is 21.8. The molecule has 3 rings (SSSR count). The van der Waals surface area contributed by atoms with Crippen molar-refractivity contribution in [2.75, 3.05) is 53.3 Å². The summed E-state index contributed by atoms with van der Waals surface area (Å²) in [5.41, 5.74) is 2.15. The fraction of sp³-hybridized carbons (Fsp3) is 0.435. The molecule has 1 heterocycles. The van der Waals surface area contributed by atoms with Gasteiger partial charge in [0.1, 0.15) is 5.75 Å². The van der Waals surface area contributed by atoms with E-state index in [0.29, 0.717) is 17.5 Å². The Labute approximate surface area is 179 Å². The molecule has 1 atom stereocenters. The van der Waals surface area contributed by atoms with Gasteiger partial charge < -0.3 is 24.8 Å². The zero-order valence-corrected chi connectivity index (χ0v) is 18.3. The van der Waals surface area contributed by atoms with Crippen molar-refractivity contribution in [3.05, 3.63) is 48.0 Å². The Balaban J connectivity index is 1.69. The largest absolute Gasteiger partial charge is 0.497 e. The van der Waals surface area contributed by atoms with Gasteiger partial charge in [0, 0.05) is 25.3 Å². The third-order valence-corrected chi connectivity index (χ3v) is 5.41. The Bertz CT molecular complexity index is 833. The lowest BCUT2D eigenvalue weighted by Crippen LogP contribution is -2.39. The highest BCUT2D eigenvalue weighted by Crippen LogP contribution is 2.30. The number of anilines is 1. The molecule has 2 N–H and O–H groups in total. The molecule has 0 amide bonds. The van der Waals surface area contributed by atoms with E-state index in [1.807, 2.05) is 30.3 Å². The number of likely N-dealkylation sites (tertiary alicyclic amines) is 1. The fourth-order valence-corrected chi connectivity index (χ4v) is 3.76. The number of rotatable bonds is 8. The molecule has 1 unspecified atom stereocenters. The van der Waals surface area contributed by atoms with Crippen LogP contribution in [0.4, 0.5) is 5.69 Å². The average molecular weight is 413 g/mol. The number of guanidine groups is 1. The summed E-state index contributed by atoms with van der Waals surface area (Å²) in [6.45, 7) is 2.97. The zero-order chi connectivity index (χ0) is 21.3. The van der Waals surface area contributed by atoms with Gasteiger partial charge in [0.15, 0.2) is 17.5 Å². The molecule has 0 aromatic heterocycles. The van der Waals surface area contributed by atoms with Gasteiger partial charge in [0.2, 0.25) is 0 Å². The Morgan fingerprint density at radius 3 is 2.27 bits per heavy atom. The van der Waals surface area contributed by atoms with Gasteiger partial charge in [-0.2, -0.15) is 0 Å². The van der Waals surface area contributed by atoms with Crippen LogP contribution in [0.25, 0.3) is 0 Å². The SMILES string of the molecule is CN=C(NCC(c1ccc(OC)cc1)N1CCCC1)Nc1ccc(OC)c(OC)c1. The molecule has 162 valence electrons. The number of methoxy groups -OCH3 is 3. The first-order chi connectivity index (χ1) is 14.7. The standard InChI is InChI=1S/C23H32N4O3/c1-24-23(26-18-9-12-21(29-3)22(15-18)30-4)25-16-20(27-13-5-6-14-27)17-7-10-19(28-2)11-8-17/h7-12,15,20H,5-6,13-14,16H2,1-4H3,(H2,24,25,26). The summed E-state index contributed by atoms with van der Waals surface area (Å²) in [4.78, 5) is 6.91. The van der Waals surface area contributed by atoms with Gasteiger partial charge in [-0.3, -0.25) is 9.89 Å². The minimum absolute atomic E-state index is 0.266. The summed E-state index contributed by atoms with van der Waals surface area (Å²) in [6, 6.07) is 14.3. The molecule has 2 aromatic carbocycles. The van der Waals surface area contributed by atoms with E-state index in [2.05, 4.69) is 32.7 Å². The Morgan fingerprint density at radius 1 is 0.967 bits per heavy atom. The van der Waals surface area contributed by atoms with E-state index < -0.39 is 0 Å². The van der Waals surface area contributed by atoms with E-state index in [1.54, 1.807) is 28.4 Å². The van der Waals surface area contributed by atoms with Crippen LogP contribution in [-0.2, 0) is 0 Å². The molecular formula is C23H32N4O3. The average Bonchev–Trinajstić information content (AvgIpc) is 3.33. The van der Waals surface area contributed by atoms with E-state index in [0.717, 1.165) is 31.1 Å². The normalized spacial score (nSPS) is 15.5. The van der Waals surface area contributed by atoms with Crippen molar-refractivity contribution in [3.8, 4) is 17.2 Å². The minimum Gasteiger partial charge on any atom is -0.497 e. The van der Waals surface area contributed by atoms with E-state index in [9.17, 15) is 0 Å². The molecule has 7 nitrogen and oxygen atoms in total. The molecule has 0 bridgehead atoms. The predicted molar refractivity (Wildman–Crippen MR) is 121 cm³/mol. The molecular weight excluding hydrogens is 380 g/mol. The summed E-state index contributed by atoms with van der Waals surface area (Å²) < 4.78 is 16.0. The monoisotopic (exact) mass is 412 g/mol. The Hall–Kier alpha value is -2.93. The van der Waals surface area contributed by atoms with Crippen LogP contribution < -0.4 is 24.8 Å². The molecule has 1 aliphatic heterocycles. The summed E-state index contributed by atoms with van der Waals surface area (Å²) in [5, 5.41) is 6.82. The fourth-order valence-electron chi connectivity index (χ4n) is 3.76. The van der Waals surface area contributed by atoms with Crippen molar-refractivity contribution >= 4 is 11.6 Å². The highest BCUT2D eigenvalue weighted by atomic mass is 16.5. The maximum atomic E-state index is 5.39. The summed E-state index contributed by atoms with van der Waals surface area (Å²) in [7, 11) is 6.72. The molecule has 7 heteroatoms. The minimum atomic E-state index is 0.266. The molecule has 0 spiro atoms. The third kappa shape index (κ3) is 5.36. The van der Waals surface area contributed by atoms with Crippen LogP contribution in [0.2, 0.25) is 0 Å². The number of aliphatic imine (C=N–C) groups is 1. The molecule has 1 aliphatic rings. The van der Waals surface area contributed by atoms with Crippen molar-refractivity contribution in [2.45, 2.75) is 18.9 Å². The molecule has 0 saturated carbocycles. The molecule has 0 aliphatic carbocycles. The lowest BCUT2D eigenvalue weighted by Gasteiger charge is -2.29. The molecule has 2 aromatic rings. The summed E-state index contributed by atoms with van der Waals surface area (Å²) >= 11 is 0. The molecule has 1 saturated heterocycles. The van der Waals surface area contributed by atoms with Crippen molar-refractivity contribution < 1.29 is 14.2 Å². The topological polar surface area (TPSA) is 67.4 Å². The van der Waals surface area contributed by atoms with Crippen LogP contribution in [0.15, 0.2) is 47.5 Å². The first-order valence-corrected chi connectivity index (χ1v) is 10.3. The Kier molecular flexibility index (Phi) is 7.79. The van der Waals surface area contributed by atoms with Gasteiger partial charge >= 0.3 is 0 Å². The number of nitrogens with one attached hydrogen (secondary N) is 2. The van der Waals surface area contributed by atoms with Crippen LogP contribution >= 0.6 is 0 Å². The lowest BCUT2D eigenvalue weighted by atomic mass is 10.1. The maximum absolute atomic E-state index is 5.39. The second kappa shape index (κ2) is 10.7. The van der Waals surface area contributed by atoms with Crippen LogP contribution in [0.1, 0.15) is 24.4 Å². The molecule has 30 heavy (non-hydrogen) atoms. The van der Waals surface area contributed by atoms with Crippen LogP contribution in [0.5, 0.6) is 17.2 Å². The highest BCUT2D eigenvalue weighted by molar-refractivity contribution is 5.93. The van der Waals surface area contributed by atoms with Gasteiger partial charge in [0.25, 0.3) is 0 Å². The first-order valence-electron chi connectivity index (χ1n) is 10.3. The number of hydrogen-bond acceptors (Lipinski definition) is 5. The van der Waals surface area contributed by atoms with E-state index >= 15 is 0 Å². The van der Waals surface area contributed by atoms with Crippen LogP contribution in [-0.4, -0.2) is 58.9 Å². The highest BCUT2D eigenvalue weighted by Gasteiger charge is 2.23. The Morgan fingerprint density at radius 2 is 1.67 bits per heavy atom. The number of hydrogen-bond donors (Lipinski definition) is 2. The van der Waals surface area contributed by atoms with Crippen molar-refractivity contribution in [3.63, 3.8) is 0 Å². The van der Waals surface area contributed by atoms with Crippen LogP contribution in [0.3, 0.4) is 0 Å². The van der Waals surface area contributed by atoms with Crippen molar-refractivity contribution in [1.82, 2.24) is 10.2 Å². The number of nitrogens with zero attached hydrogens (tertiary/aromatic N) is 2. The number of benzene rings is 2. The molecule has 0 radical (unpaired) electrons. The zero-order valence-electron chi connectivity index (χ0n) is 18.3. The van der Waals surface area contributed by atoms with E-state index in [4.69, 9.17) is 14.2 Å². The summed E-state index contributed by atoms with van der Waals surface area (Å²) in [6.07, 6.45) is 2.48. The van der Waals surface area contributed by atoms with Crippen molar-refractivity contribution in [1.29, 1.82) is 0 Å². The molecule has 1 fully saturated rings. The van der Waals surface area contributed by atoms with Gasteiger partial charge in [-0.25, -0.2) is 0 Å². The predicted octanol–water partition coefficient (Wildman–Crippen LogP) is 3.54. The lowest BCUT2D eigenvalue weighted by molar-refractivity contribution is 0.245. The van der Waals surface area contributed by atoms with Gasteiger partial charge in [-0.05, 0) is 55.8 Å². The number of ether oxygens (including phenoxy) is 3. The maximum Gasteiger partial charge on any atom is 0.195 e. The van der Waals surface area contributed by atoms with Gasteiger partial charge in [0.05, 0.1) is 27.4 Å². The van der Waals surface area contributed by atoms with E-state index in [-0.39, 0.29) is 6.04 Å². The summed E-state index contributed by atoms with van der Waals surface area (Å²) in [5.74, 6) is 2.95. The second-order valence-electron chi connectivity index (χ2n) is 7.18.